The van der Waals surface area contributed by atoms with Crippen molar-refractivity contribution in [2.24, 2.45) is 4.99 Å². The van der Waals surface area contributed by atoms with Gasteiger partial charge in [0.15, 0.2) is 5.84 Å². The van der Waals surface area contributed by atoms with Crippen LogP contribution in [0.25, 0.3) is 11.8 Å². The Hall–Kier alpha value is -3.49. The van der Waals surface area contributed by atoms with Gasteiger partial charge in [-0.15, -0.1) is 0 Å². The van der Waals surface area contributed by atoms with Gasteiger partial charge in [-0.05, 0) is 54.0 Å². The van der Waals surface area contributed by atoms with Crippen LogP contribution in [0.2, 0.25) is 0 Å². The second-order valence-corrected chi connectivity index (χ2v) is 8.24. The summed E-state index contributed by atoms with van der Waals surface area (Å²) in [5.74, 6) is 1.09. The molecule has 0 amide bonds. The lowest BCUT2D eigenvalue weighted by molar-refractivity contribution is -0.176. The Labute approximate surface area is 218 Å². The number of benzene rings is 2. The van der Waals surface area contributed by atoms with Crippen LogP contribution in [0.4, 0.5) is 4.39 Å². The average molecular weight is 509 g/mol. The highest BCUT2D eigenvalue weighted by molar-refractivity contribution is 6.03. The first kappa shape index (κ1) is 28.1. The Morgan fingerprint density at radius 2 is 1.86 bits per heavy atom. The van der Waals surface area contributed by atoms with Crippen molar-refractivity contribution in [2.75, 3.05) is 26.9 Å². The number of hydrogen-bond donors (Lipinski definition) is 1. The molecule has 0 bridgehead atoms. The maximum Gasteiger partial charge on any atom is 0.152 e. The van der Waals surface area contributed by atoms with Gasteiger partial charge in [0.1, 0.15) is 17.1 Å². The Morgan fingerprint density at radius 1 is 1.14 bits per heavy atom. The smallest absolute Gasteiger partial charge is 0.152 e. The summed E-state index contributed by atoms with van der Waals surface area (Å²) in [6.45, 7) is 10.5. The van der Waals surface area contributed by atoms with Crippen LogP contribution in [-0.4, -0.2) is 52.4 Å². The standard InChI is InChI=1S/C25H25FN4O3.2C2H6/c1-17-13-29(16-28-17)22-8-3-18(12-23(22)32-2)11-19-9-10-33-30-24(19)27-14-25(30,15-31)20-4-6-21(26)7-5-20;2*1-2/h3-8,11-13,16,31H,9-10,14-15H2,1-2H3;2*1-2H3/b19-11+;;. The Balaban J connectivity index is 0.000000907. The van der Waals surface area contributed by atoms with Crippen molar-refractivity contribution < 1.29 is 19.1 Å². The van der Waals surface area contributed by atoms with Crippen LogP contribution >= 0.6 is 0 Å². The van der Waals surface area contributed by atoms with Gasteiger partial charge in [-0.2, -0.15) is 0 Å². The number of fused-ring (bicyclic) bond motifs is 1. The van der Waals surface area contributed by atoms with Crippen molar-refractivity contribution in [3.8, 4) is 11.4 Å². The monoisotopic (exact) mass is 508 g/mol. The molecule has 0 spiro atoms. The number of amidine groups is 1. The number of aryl methyl sites for hydroxylation is 1. The summed E-state index contributed by atoms with van der Waals surface area (Å²) in [5.41, 5.74) is 3.69. The van der Waals surface area contributed by atoms with Gasteiger partial charge in [0.25, 0.3) is 0 Å². The zero-order valence-corrected chi connectivity index (χ0v) is 22.5. The predicted octanol–water partition coefficient (Wildman–Crippen LogP) is 5.70. The molecule has 0 aliphatic carbocycles. The number of aliphatic hydroxyl groups excluding tert-OH is 1. The minimum Gasteiger partial charge on any atom is -0.495 e. The maximum absolute atomic E-state index is 13.5. The van der Waals surface area contributed by atoms with E-state index in [2.05, 4.69) is 11.1 Å². The molecule has 2 aliphatic rings. The van der Waals surface area contributed by atoms with E-state index in [9.17, 15) is 9.50 Å². The first-order chi connectivity index (χ1) is 18.0. The van der Waals surface area contributed by atoms with Crippen molar-refractivity contribution in [2.45, 2.75) is 46.6 Å². The molecular weight excluding hydrogens is 471 g/mol. The summed E-state index contributed by atoms with van der Waals surface area (Å²) in [6, 6.07) is 12.1. The zero-order chi connectivity index (χ0) is 27.0. The van der Waals surface area contributed by atoms with Crippen LogP contribution < -0.4 is 4.74 Å². The molecule has 8 heteroatoms. The van der Waals surface area contributed by atoms with E-state index in [-0.39, 0.29) is 12.4 Å². The summed E-state index contributed by atoms with van der Waals surface area (Å²) in [7, 11) is 1.65. The number of nitrogens with zero attached hydrogens (tertiary/aromatic N) is 4. The van der Waals surface area contributed by atoms with Crippen LogP contribution in [-0.2, 0) is 10.4 Å². The van der Waals surface area contributed by atoms with Gasteiger partial charge >= 0.3 is 0 Å². The zero-order valence-electron chi connectivity index (χ0n) is 22.5. The second kappa shape index (κ2) is 12.7. The van der Waals surface area contributed by atoms with Crippen LogP contribution in [0, 0.1) is 12.7 Å². The lowest BCUT2D eigenvalue weighted by atomic mass is 9.90. The third-order valence-corrected chi connectivity index (χ3v) is 6.13. The highest BCUT2D eigenvalue weighted by Gasteiger charge is 2.47. The number of aliphatic imine (C=N–C) groups is 1. The number of methoxy groups -OCH3 is 1. The molecule has 3 aromatic rings. The average Bonchev–Trinajstić information content (AvgIpc) is 3.56. The van der Waals surface area contributed by atoms with Gasteiger partial charge < -0.3 is 14.4 Å². The van der Waals surface area contributed by atoms with Crippen molar-refractivity contribution >= 4 is 11.9 Å². The van der Waals surface area contributed by atoms with E-state index in [0.29, 0.717) is 25.4 Å². The van der Waals surface area contributed by atoms with Crippen LogP contribution in [0.5, 0.6) is 5.75 Å². The number of imidazole rings is 1. The highest BCUT2D eigenvalue weighted by atomic mass is 19.1. The molecule has 1 fully saturated rings. The summed E-state index contributed by atoms with van der Waals surface area (Å²) >= 11 is 0. The Morgan fingerprint density at radius 3 is 2.49 bits per heavy atom. The van der Waals surface area contributed by atoms with E-state index < -0.39 is 5.54 Å². The van der Waals surface area contributed by atoms with Gasteiger partial charge in [0.2, 0.25) is 0 Å². The fourth-order valence-corrected chi connectivity index (χ4v) is 4.37. The molecule has 198 valence electrons. The van der Waals surface area contributed by atoms with Gasteiger partial charge in [-0.3, -0.25) is 9.83 Å². The predicted molar refractivity (Wildman–Crippen MR) is 145 cm³/mol. The summed E-state index contributed by atoms with van der Waals surface area (Å²) < 4.78 is 21.0. The molecule has 7 nitrogen and oxygen atoms in total. The lowest BCUT2D eigenvalue weighted by Crippen LogP contribution is -2.51. The molecule has 1 unspecified atom stereocenters. The Kier molecular flexibility index (Phi) is 9.60. The molecule has 37 heavy (non-hydrogen) atoms. The molecule has 1 N–H and O–H groups in total. The molecule has 0 saturated carbocycles. The minimum atomic E-state index is -0.872. The van der Waals surface area contributed by atoms with E-state index in [1.54, 1.807) is 30.6 Å². The van der Waals surface area contributed by atoms with E-state index in [1.165, 1.54) is 12.1 Å². The quantitative estimate of drug-likeness (QED) is 0.479. The van der Waals surface area contributed by atoms with Crippen LogP contribution in [0.3, 0.4) is 0 Å². The number of hydroxylamine groups is 2. The van der Waals surface area contributed by atoms with Gasteiger partial charge in [-0.1, -0.05) is 45.9 Å². The fraction of sp³-hybridized carbons (Fsp3) is 0.379. The summed E-state index contributed by atoms with van der Waals surface area (Å²) in [5, 5.41) is 12.0. The minimum absolute atomic E-state index is 0.203. The van der Waals surface area contributed by atoms with Gasteiger partial charge in [0.05, 0.1) is 44.6 Å². The number of aromatic nitrogens is 2. The van der Waals surface area contributed by atoms with E-state index >= 15 is 0 Å². The second-order valence-electron chi connectivity index (χ2n) is 8.24. The molecular formula is C29H37FN4O3. The first-order valence-corrected chi connectivity index (χ1v) is 12.8. The normalized spacial score (nSPS) is 19.3. The number of ether oxygens (including phenoxy) is 1. The molecule has 2 aromatic carbocycles. The summed E-state index contributed by atoms with van der Waals surface area (Å²) in [6.07, 6.45) is 6.46. The number of hydrogen-bond acceptors (Lipinski definition) is 6. The van der Waals surface area contributed by atoms with E-state index in [1.807, 2.05) is 63.6 Å². The van der Waals surface area contributed by atoms with Gasteiger partial charge in [-0.25, -0.2) is 14.4 Å². The number of rotatable bonds is 5. The van der Waals surface area contributed by atoms with Crippen molar-refractivity contribution in [1.29, 1.82) is 0 Å². The largest absolute Gasteiger partial charge is 0.495 e. The third kappa shape index (κ3) is 5.60. The molecule has 1 saturated heterocycles. The van der Waals surface area contributed by atoms with Crippen LogP contribution in [0.1, 0.15) is 50.9 Å². The molecule has 1 atom stereocenters. The van der Waals surface area contributed by atoms with Crippen molar-refractivity contribution in [1.82, 2.24) is 14.6 Å². The molecule has 0 radical (unpaired) electrons. The fourth-order valence-electron chi connectivity index (χ4n) is 4.37. The van der Waals surface area contributed by atoms with Crippen LogP contribution in [0.15, 0.2) is 65.6 Å². The SMILES string of the molecule is CC.CC.COc1cc(/C=C2\CCON3C2=NCC3(CO)c2ccc(F)cc2)ccc1-n1cnc(C)c1. The third-order valence-electron chi connectivity index (χ3n) is 6.13. The van der Waals surface area contributed by atoms with Crippen molar-refractivity contribution in [3.05, 3.63) is 83.2 Å². The summed E-state index contributed by atoms with van der Waals surface area (Å²) in [4.78, 5) is 15.0. The van der Waals surface area contributed by atoms with Gasteiger partial charge in [0, 0.05) is 12.6 Å². The highest BCUT2D eigenvalue weighted by Crippen LogP contribution is 2.39. The maximum atomic E-state index is 13.5. The lowest BCUT2D eigenvalue weighted by Gasteiger charge is -2.40. The number of halogens is 1. The molecule has 2 aliphatic heterocycles. The van der Waals surface area contributed by atoms with Crippen molar-refractivity contribution in [3.63, 3.8) is 0 Å². The molecule has 3 heterocycles. The molecule has 5 rings (SSSR count). The number of aliphatic hydroxyl groups is 1. The van der Waals surface area contributed by atoms with E-state index in [4.69, 9.17) is 14.6 Å². The topological polar surface area (TPSA) is 72.1 Å². The van der Waals surface area contributed by atoms with E-state index in [0.717, 1.165) is 33.8 Å². The Bertz CT molecular complexity index is 1240. The first-order valence-electron chi connectivity index (χ1n) is 12.8. The molecule has 1 aromatic heterocycles.